The number of hydrogen-bond acceptors (Lipinski definition) is 7. The summed E-state index contributed by atoms with van der Waals surface area (Å²) in [4.78, 5) is 10.4. The summed E-state index contributed by atoms with van der Waals surface area (Å²) < 4.78 is 7.72. The van der Waals surface area contributed by atoms with Gasteiger partial charge in [0.05, 0.1) is 21.8 Å². The van der Waals surface area contributed by atoms with Crippen molar-refractivity contribution in [2.75, 3.05) is 19.6 Å². The van der Waals surface area contributed by atoms with E-state index in [9.17, 15) is 0 Å². The molecule has 2 aliphatic rings. The van der Waals surface area contributed by atoms with Crippen LogP contribution in [-0.4, -0.2) is 6.71 Å². The Morgan fingerprint density at radius 3 is 1.43 bits per heavy atom. The molecule has 89 heavy (non-hydrogen) atoms. The van der Waals surface area contributed by atoms with E-state index < -0.39 is 0 Å². The van der Waals surface area contributed by atoms with Crippen LogP contribution in [0.15, 0.2) is 218 Å². The maximum atomic E-state index is 2.70. The summed E-state index contributed by atoms with van der Waals surface area (Å²) in [6, 6.07) is 84.2. The third-order valence-corrected chi connectivity index (χ3v) is 22.1. The van der Waals surface area contributed by atoms with Gasteiger partial charge in [-0.1, -0.05) is 167 Å². The number of hydrogen-bond donors (Lipinski definition) is 0. The smallest absolute Gasteiger partial charge is 0.264 e. The highest BCUT2D eigenvalue weighted by molar-refractivity contribution is 7.33. The van der Waals surface area contributed by atoms with E-state index in [-0.39, 0.29) is 17.5 Å². The fourth-order valence-electron chi connectivity index (χ4n) is 13.9. The molecule has 2 aliphatic heterocycles. The quantitative estimate of drug-likeness (QED) is 0.141. The van der Waals surface area contributed by atoms with Crippen LogP contribution in [0.25, 0.3) is 50.4 Å². The molecule has 0 N–H and O–H groups in total. The number of rotatable bonds is 8. The fourth-order valence-corrected chi connectivity index (χ4v) is 17.6. The monoisotopic (exact) mass is 1200 g/mol. The standard InChI is InChI=1S/C81H69BN4S3/c1-48-20-30-55(31-21-48)83(56-32-22-49(2)23-33-56)67-45-60(47-74-75(67)62-17-13-15-19-72(62)87-74)85-66-38-28-54(81(9,10)11)43-65(66)82-76-68(85)40-52(5)41-69(76)86(77-64-42-53(80(6,7)8)29-39-73(64)89-79(77)82)59-44-63-61-16-12-14-18-71(61)88-78(63)70(46-59)84(57-34-24-50(3)25-35-57)58-36-26-51(4)27-37-58/h12-47H,1-11H3. The van der Waals surface area contributed by atoms with Gasteiger partial charge in [-0.25, -0.2) is 0 Å². The molecule has 0 saturated heterocycles. The Balaban J connectivity index is 1.02. The number of nitrogens with zero attached hydrogens (tertiary/aromatic N) is 4. The summed E-state index contributed by atoms with van der Waals surface area (Å²) in [5.74, 6) is 0. The summed E-state index contributed by atoms with van der Waals surface area (Å²) in [6.45, 7) is 25.1. The molecule has 3 aromatic heterocycles. The molecule has 0 radical (unpaired) electrons. The molecule has 14 aromatic rings. The third-order valence-electron chi connectivity index (χ3n) is 18.6. The second kappa shape index (κ2) is 20.6. The average molecular weight is 1210 g/mol. The van der Waals surface area contributed by atoms with Crippen molar-refractivity contribution in [2.24, 2.45) is 0 Å². The Morgan fingerprint density at radius 1 is 0.360 bits per heavy atom. The van der Waals surface area contributed by atoms with E-state index in [0.717, 1.165) is 45.5 Å². The Labute approximate surface area is 535 Å². The van der Waals surface area contributed by atoms with Crippen molar-refractivity contribution in [1.29, 1.82) is 0 Å². The van der Waals surface area contributed by atoms with E-state index in [2.05, 4.69) is 314 Å². The van der Waals surface area contributed by atoms with Crippen LogP contribution in [0.4, 0.5) is 68.2 Å². The van der Waals surface area contributed by atoms with E-state index in [4.69, 9.17) is 0 Å². The maximum Gasteiger partial charge on any atom is 0.264 e. The van der Waals surface area contributed by atoms with Gasteiger partial charge in [0.15, 0.2) is 0 Å². The van der Waals surface area contributed by atoms with Crippen LogP contribution < -0.4 is 35.3 Å². The Kier molecular flexibility index (Phi) is 12.8. The van der Waals surface area contributed by atoms with Crippen molar-refractivity contribution in [2.45, 2.75) is 87.0 Å². The first-order valence-corrected chi connectivity index (χ1v) is 33.6. The van der Waals surface area contributed by atoms with Crippen LogP contribution in [0.5, 0.6) is 0 Å². The van der Waals surface area contributed by atoms with Crippen LogP contribution >= 0.6 is 34.0 Å². The molecule has 0 spiro atoms. The first-order valence-electron chi connectivity index (χ1n) is 31.2. The maximum absolute atomic E-state index is 2.70. The van der Waals surface area contributed by atoms with Gasteiger partial charge in [-0.05, 0) is 188 Å². The molecule has 5 heterocycles. The molecule has 11 aromatic carbocycles. The number of aryl methyl sites for hydroxylation is 5. The zero-order valence-corrected chi connectivity index (χ0v) is 54.8. The zero-order chi connectivity index (χ0) is 60.9. The molecule has 8 heteroatoms. The van der Waals surface area contributed by atoms with Crippen LogP contribution in [-0.2, 0) is 10.8 Å². The number of fused-ring (bicyclic) bond motifs is 12. The molecule has 0 atom stereocenters. The van der Waals surface area contributed by atoms with Crippen molar-refractivity contribution >= 4 is 175 Å². The molecule has 0 bridgehead atoms. The second-order valence-electron chi connectivity index (χ2n) is 27.0. The van der Waals surface area contributed by atoms with Gasteiger partial charge in [-0.3, -0.25) is 0 Å². The van der Waals surface area contributed by atoms with Crippen LogP contribution in [0, 0.1) is 34.6 Å². The van der Waals surface area contributed by atoms with Gasteiger partial charge >= 0.3 is 0 Å². The normalized spacial score (nSPS) is 13.0. The number of benzene rings is 11. The van der Waals surface area contributed by atoms with Gasteiger partial charge in [0.2, 0.25) is 0 Å². The molecular weight excluding hydrogens is 1140 g/mol. The van der Waals surface area contributed by atoms with Gasteiger partial charge < -0.3 is 19.6 Å². The van der Waals surface area contributed by atoms with E-state index in [1.165, 1.54) is 128 Å². The number of thiophene rings is 3. The summed E-state index contributed by atoms with van der Waals surface area (Å²) >= 11 is 5.77. The van der Waals surface area contributed by atoms with Crippen molar-refractivity contribution in [3.05, 3.63) is 257 Å². The predicted octanol–water partition coefficient (Wildman–Crippen LogP) is 22.8. The van der Waals surface area contributed by atoms with E-state index in [1.807, 2.05) is 34.0 Å². The molecule has 16 rings (SSSR count). The second-order valence-corrected chi connectivity index (χ2v) is 30.2. The van der Waals surface area contributed by atoms with E-state index in [1.54, 1.807) is 0 Å². The molecule has 0 saturated carbocycles. The summed E-state index contributed by atoms with van der Waals surface area (Å²) in [5.41, 5.74) is 25.2. The molecule has 0 amide bonds. The summed E-state index contributed by atoms with van der Waals surface area (Å²) in [6.07, 6.45) is 0. The van der Waals surface area contributed by atoms with Crippen molar-refractivity contribution in [3.8, 4) is 0 Å². The molecule has 4 nitrogen and oxygen atoms in total. The topological polar surface area (TPSA) is 13.0 Å². The molecule has 434 valence electrons. The lowest BCUT2D eigenvalue weighted by Gasteiger charge is -2.44. The highest BCUT2D eigenvalue weighted by Gasteiger charge is 2.46. The molecule has 0 aliphatic carbocycles. The Hall–Kier alpha value is -8.92. The minimum Gasteiger partial charge on any atom is -0.311 e. The minimum atomic E-state index is -0.108. The van der Waals surface area contributed by atoms with Gasteiger partial charge in [0.1, 0.15) is 0 Å². The SMILES string of the molecule is Cc1ccc(N(c2ccc(C)cc2)c2cc(N3c4cc(C)cc5c4B(c4cc(C(C)(C)C)ccc4N5c4cc(N(c5ccc(C)cc5)c5ccc(C)cc5)c5c(c4)sc4ccccc45)c4sc5ccc(C(C)(C)C)cc5c43)cc3c2sc2ccccc23)cc1. The Morgan fingerprint density at radius 2 is 0.843 bits per heavy atom. The van der Waals surface area contributed by atoms with Crippen LogP contribution in [0.2, 0.25) is 0 Å². The molecule has 0 fully saturated rings. The van der Waals surface area contributed by atoms with Gasteiger partial charge in [-0.2, -0.15) is 0 Å². The summed E-state index contributed by atoms with van der Waals surface area (Å²) in [7, 11) is 0. The highest BCUT2D eigenvalue weighted by Crippen LogP contribution is 2.55. The van der Waals surface area contributed by atoms with Crippen molar-refractivity contribution < 1.29 is 0 Å². The Bertz CT molecular complexity index is 5080. The largest absolute Gasteiger partial charge is 0.311 e. The highest BCUT2D eigenvalue weighted by atomic mass is 32.1. The van der Waals surface area contributed by atoms with Gasteiger partial charge in [-0.15, -0.1) is 34.0 Å². The average Bonchev–Trinajstić information content (AvgIpc) is 0.950. The first kappa shape index (κ1) is 55.4. The fraction of sp³-hybridized carbons (Fsp3) is 0.160. The van der Waals surface area contributed by atoms with E-state index >= 15 is 0 Å². The first-order chi connectivity index (χ1) is 42.9. The van der Waals surface area contributed by atoms with Crippen LogP contribution in [0.1, 0.15) is 80.5 Å². The zero-order valence-electron chi connectivity index (χ0n) is 52.4. The lowest BCUT2D eigenvalue weighted by Crippen LogP contribution is -2.60. The van der Waals surface area contributed by atoms with Crippen LogP contribution in [0.3, 0.4) is 0 Å². The molecular formula is C81H69BN4S3. The molecule has 0 unspecified atom stereocenters. The van der Waals surface area contributed by atoms with Crippen molar-refractivity contribution in [1.82, 2.24) is 0 Å². The minimum absolute atomic E-state index is 0.0678. The van der Waals surface area contributed by atoms with E-state index in [0.29, 0.717) is 0 Å². The number of anilines is 12. The van der Waals surface area contributed by atoms with Gasteiger partial charge in [0, 0.05) is 102 Å². The van der Waals surface area contributed by atoms with Crippen molar-refractivity contribution in [3.63, 3.8) is 0 Å². The lowest BCUT2D eigenvalue weighted by atomic mass is 9.36. The predicted molar refractivity (Wildman–Crippen MR) is 392 cm³/mol. The lowest BCUT2D eigenvalue weighted by molar-refractivity contribution is 0.590. The third kappa shape index (κ3) is 9.11. The van der Waals surface area contributed by atoms with Gasteiger partial charge in [0.25, 0.3) is 6.71 Å². The summed E-state index contributed by atoms with van der Waals surface area (Å²) in [5, 5.41) is 6.33.